The van der Waals surface area contributed by atoms with Crippen molar-refractivity contribution in [1.82, 2.24) is 9.55 Å². The molecule has 0 bridgehead atoms. The van der Waals surface area contributed by atoms with Crippen LogP contribution in [-0.4, -0.2) is 33.0 Å². The average Bonchev–Trinajstić information content (AvgIpc) is 2.72. The van der Waals surface area contributed by atoms with Gasteiger partial charge in [0.15, 0.2) is 6.23 Å². The van der Waals surface area contributed by atoms with E-state index in [1.807, 2.05) is 0 Å². The van der Waals surface area contributed by atoms with Gasteiger partial charge in [-0.05, 0) is 13.3 Å². The van der Waals surface area contributed by atoms with Gasteiger partial charge in [-0.2, -0.15) is 0 Å². The third-order valence-electron chi connectivity index (χ3n) is 3.32. The van der Waals surface area contributed by atoms with E-state index in [1.54, 1.807) is 6.92 Å². The Morgan fingerprint density at radius 1 is 1.63 bits per heavy atom. The van der Waals surface area contributed by atoms with Gasteiger partial charge in [0.25, 0.3) is 5.56 Å². The summed E-state index contributed by atoms with van der Waals surface area (Å²) in [7, 11) is 0. The molecule has 1 aliphatic heterocycles. The minimum Gasteiger partial charge on any atom is -0.391 e. The van der Waals surface area contributed by atoms with Gasteiger partial charge in [-0.1, -0.05) is 6.92 Å². The van der Waals surface area contributed by atoms with Crippen LogP contribution in [0.5, 0.6) is 0 Å². The molecule has 0 saturated carbocycles. The van der Waals surface area contributed by atoms with Crippen LogP contribution in [0, 0.1) is 0 Å². The maximum Gasteiger partial charge on any atom is 0.330 e. The second-order valence-corrected chi connectivity index (χ2v) is 4.73. The molecule has 2 N–H and O–H groups in total. The molecule has 2 rings (SSSR count). The quantitative estimate of drug-likeness (QED) is 0.817. The molecule has 1 aromatic rings. The van der Waals surface area contributed by atoms with E-state index < -0.39 is 35.9 Å². The van der Waals surface area contributed by atoms with Gasteiger partial charge in [0.2, 0.25) is 0 Å². The van der Waals surface area contributed by atoms with Crippen molar-refractivity contribution in [1.29, 1.82) is 0 Å². The molecule has 1 fully saturated rings. The third kappa shape index (κ3) is 2.62. The topological polar surface area (TPSA) is 84.3 Å². The Morgan fingerprint density at radius 3 is 2.84 bits per heavy atom. The normalized spacial score (nSPS) is 28.5. The number of hydrogen-bond donors (Lipinski definition) is 2. The first-order valence-electron chi connectivity index (χ1n) is 6.26. The first kappa shape index (κ1) is 14.0. The Morgan fingerprint density at radius 2 is 2.32 bits per heavy atom. The van der Waals surface area contributed by atoms with E-state index in [2.05, 4.69) is 4.98 Å². The van der Waals surface area contributed by atoms with Crippen LogP contribution >= 0.6 is 0 Å². The van der Waals surface area contributed by atoms with Crippen LogP contribution in [0.2, 0.25) is 0 Å². The van der Waals surface area contributed by atoms with Gasteiger partial charge in [-0.3, -0.25) is 14.3 Å². The fourth-order valence-electron chi connectivity index (χ4n) is 2.18. The first-order valence-corrected chi connectivity index (χ1v) is 6.26. The molecule has 1 aromatic heterocycles. The molecule has 0 aromatic carbocycles. The van der Waals surface area contributed by atoms with Gasteiger partial charge < -0.3 is 9.84 Å². The van der Waals surface area contributed by atoms with Crippen molar-refractivity contribution in [3.8, 4) is 0 Å². The fourth-order valence-corrected chi connectivity index (χ4v) is 2.18. The number of nitrogens with zero attached hydrogens (tertiary/aromatic N) is 1. The summed E-state index contributed by atoms with van der Waals surface area (Å²) < 4.78 is 20.3. The van der Waals surface area contributed by atoms with Crippen LogP contribution in [0.1, 0.15) is 32.1 Å². The van der Waals surface area contributed by atoms with E-state index >= 15 is 0 Å². The predicted octanol–water partition coefficient (Wildman–Crippen LogP) is 0.105. The van der Waals surface area contributed by atoms with E-state index in [4.69, 9.17) is 4.74 Å². The van der Waals surface area contributed by atoms with Gasteiger partial charge >= 0.3 is 5.69 Å². The van der Waals surface area contributed by atoms with Crippen molar-refractivity contribution in [3.05, 3.63) is 32.6 Å². The summed E-state index contributed by atoms with van der Waals surface area (Å²) in [5.41, 5.74) is -0.791. The van der Waals surface area contributed by atoms with E-state index in [-0.39, 0.29) is 6.42 Å². The lowest BCUT2D eigenvalue weighted by molar-refractivity contribution is -0.0642. The van der Waals surface area contributed by atoms with Crippen molar-refractivity contribution >= 4 is 0 Å². The number of H-pyrrole nitrogens is 1. The number of halogens is 1. The second kappa shape index (κ2) is 5.26. The van der Waals surface area contributed by atoms with Gasteiger partial charge in [-0.25, -0.2) is 9.18 Å². The van der Waals surface area contributed by atoms with Crippen LogP contribution < -0.4 is 11.2 Å². The summed E-state index contributed by atoms with van der Waals surface area (Å²) in [5, 5.41) is 9.41. The molecule has 106 valence electrons. The minimum absolute atomic E-state index is 0.0232. The van der Waals surface area contributed by atoms with E-state index in [9.17, 15) is 19.1 Å². The zero-order valence-electron chi connectivity index (χ0n) is 10.8. The molecule has 0 radical (unpaired) electrons. The highest BCUT2D eigenvalue weighted by atomic mass is 19.1. The lowest BCUT2D eigenvalue weighted by Gasteiger charge is -2.18. The van der Waals surface area contributed by atoms with Gasteiger partial charge in [0.1, 0.15) is 6.17 Å². The van der Waals surface area contributed by atoms with Crippen molar-refractivity contribution in [2.45, 2.75) is 51.3 Å². The molecule has 2 heterocycles. The highest BCUT2D eigenvalue weighted by Gasteiger charge is 2.39. The number of nitrogens with one attached hydrogen (secondary N) is 1. The Labute approximate surface area is 108 Å². The molecule has 6 nitrogen and oxygen atoms in total. The number of aromatic amines is 1. The SMILES string of the molecule is CCc1cn([C@@H]2OC([C@H](C)O)C[C@@H]2F)c(=O)[nH]c1=O. The number of aliphatic hydroxyl groups is 1. The summed E-state index contributed by atoms with van der Waals surface area (Å²) in [6.07, 6.45) is -2.18. The number of rotatable bonds is 3. The Balaban J connectivity index is 2.37. The van der Waals surface area contributed by atoms with Crippen molar-refractivity contribution in [2.75, 3.05) is 0 Å². The number of aromatic nitrogens is 2. The van der Waals surface area contributed by atoms with Crippen molar-refractivity contribution in [2.24, 2.45) is 0 Å². The lowest BCUT2D eigenvalue weighted by atomic mass is 10.1. The molecule has 7 heteroatoms. The Bertz CT molecular complexity index is 566. The monoisotopic (exact) mass is 272 g/mol. The van der Waals surface area contributed by atoms with Gasteiger partial charge in [0, 0.05) is 18.2 Å². The van der Waals surface area contributed by atoms with E-state index in [1.165, 1.54) is 13.1 Å². The molecule has 4 atom stereocenters. The number of aryl methyl sites for hydroxylation is 1. The molecule has 19 heavy (non-hydrogen) atoms. The van der Waals surface area contributed by atoms with E-state index in [0.29, 0.717) is 12.0 Å². The molecular formula is C12H17FN2O4. The Kier molecular flexibility index (Phi) is 3.86. The molecule has 1 aliphatic rings. The third-order valence-corrected chi connectivity index (χ3v) is 3.32. The van der Waals surface area contributed by atoms with Crippen LogP contribution in [-0.2, 0) is 11.2 Å². The summed E-state index contributed by atoms with van der Waals surface area (Å²) in [4.78, 5) is 25.3. The Hall–Kier alpha value is -1.47. The van der Waals surface area contributed by atoms with Crippen LogP contribution in [0.3, 0.4) is 0 Å². The average molecular weight is 272 g/mol. The minimum atomic E-state index is -1.40. The largest absolute Gasteiger partial charge is 0.391 e. The maximum absolute atomic E-state index is 13.9. The summed E-state index contributed by atoms with van der Waals surface area (Å²) in [6.45, 7) is 3.27. The molecule has 0 amide bonds. The maximum atomic E-state index is 13.9. The number of ether oxygens (including phenoxy) is 1. The number of alkyl halides is 1. The van der Waals surface area contributed by atoms with Crippen molar-refractivity contribution in [3.63, 3.8) is 0 Å². The number of aliphatic hydroxyl groups excluding tert-OH is 1. The smallest absolute Gasteiger partial charge is 0.330 e. The fraction of sp³-hybridized carbons (Fsp3) is 0.667. The predicted molar refractivity (Wildman–Crippen MR) is 65.8 cm³/mol. The summed E-state index contributed by atoms with van der Waals surface area (Å²) in [5.74, 6) is 0. The van der Waals surface area contributed by atoms with Gasteiger partial charge in [0.05, 0.1) is 12.2 Å². The summed E-state index contributed by atoms with van der Waals surface area (Å²) in [6, 6.07) is 0. The number of hydrogen-bond acceptors (Lipinski definition) is 4. The van der Waals surface area contributed by atoms with Crippen molar-refractivity contribution < 1.29 is 14.2 Å². The zero-order valence-corrected chi connectivity index (χ0v) is 10.8. The van der Waals surface area contributed by atoms with Crippen LogP contribution in [0.25, 0.3) is 0 Å². The molecular weight excluding hydrogens is 255 g/mol. The highest BCUT2D eigenvalue weighted by Crippen LogP contribution is 2.31. The molecule has 1 saturated heterocycles. The highest BCUT2D eigenvalue weighted by molar-refractivity contribution is 5.05. The standard InChI is InChI=1S/C12H17FN2O4/c1-3-7-5-15(12(18)14-10(7)17)11-8(13)4-9(19-11)6(2)16/h5-6,8-9,11,16H,3-4H2,1-2H3,(H,14,17,18)/t6-,8-,9?,11+/m0/s1. The second-order valence-electron chi connectivity index (χ2n) is 4.73. The summed E-state index contributed by atoms with van der Waals surface area (Å²) >= 11 is 0. The molecule has 0 spiro atoms. The zero-order chi connectivity index (χ0) is 14.2. The van der Waals surface area contributed by atoms with Gasteiger partial charge in [-0.15, -0.1) is 0 Å². The first-order chi connectivity index (χ1) is 8.93. The lowest BCUT2D eigenvalue weighted by Crippen LogP contribution is -2.36. The van der Waals surface area contributed by atoms with E-state index in [0.717, 1.165) is 4.57 Å². The van der Waals surface area contributed by atoms with Crippen LogP contribution in [0.15, 0.2) is 15.8 Å². The van der Waals surface area contributed by atoms with Crippen LogP contribution in [0.4, 0.5) is 4.39 Å². The molecule has 0 aliphatic carbocycles. The molecule has 1 unspecified atom stereocenters.